The normalized spacial score (nSPS) is 13.6. The molecule has 22 nitrogen and oxygen atoms in total. The molecule has 0 bridgehead atoms. The largest absolute Gasteiger partial charge is 0.444 e. The summed E-state index contributed by atoms with van der Waals surface area (Å²) in [6.45, 7) is 6.76. The average molecular weight is 1030 g/mol. The van der Waals surface area contributed by atoms with Crippen molar-refractivity contribution in [2.45, 2.75) is 60.3 Å². The topological polar surface area (TPSA) is 307 Å². The third-order valence-electron chi connectivity index (χ3n) is 9.35. The van der Waals surface area contributed by atoms with Gasteiger partial charge >= 0.3 is 6.09 Å². The molecule has 0 radical (unpaired) electrons. The molecule has 372 valence electrons. The van der Waals surface area contributed by atoms with Crippen LogP contribution in [0.1, 0.15) is 40.0 Å². The van der Waals surface area contributed by atoms with Crippen molar-refractivity contribution in [1.29, 1.82) is 0 Å². The summed E-state index contributed by atoms with van der Waals surface area (Å²) in [5.74, 6) is 1.45. The second-order valence-electron chi connectivity index (χ2n) is 15.4. The Morgan fingerprint density at radius 1 is 0.676 bits per heavy atom. The van der Waals surface area contributed by atoms with Crippen molar-refractivity contribution in [1.82, 2.24) is 4.90 Å². The molecule has 26 heteroatoms. The number of ether oxygens (including phenoxy) is 1. The Balaban J connectivity index is 0.000000266. The molecular formula is C42H55ClN8O14S3. The number of fused-ring (bicyclic) bond motifs is 3. The number of aliphatic hydroxyl groups excluding tert-OH is 3. The van der Waals surface area contributed by atoms with Crippen LogP contribution in [0, 0.1) is 30.3 Å². The zero-order valence-corrected chi connectivity index (χ0v) is 40.9. The van der Waals surface area contributed by atoms with Gasteiger partial charge in [-0.05, 0) is 51.8 Å². The third-order valence-corrected chi connectivity index (χ3v) is 12.6. The van der Waals surface area contributed by atoms with Crippen LogP contribution in [0.3, 0.4) is 0 Å². The molecule has 0 unspecified atom stereocenters. The molecule has 6 rings (SSSR count). The van der Waals surface area contributed by atoms with Crippen LogP contribution in [-0.4, -0.2) is 147 Å². The molecule has 0 saturated heterocycles. The number of alkyl halides is 1. The van der Waals surface area contributed by atoms with Crippen LogP contribution in [0.4, 0.5) is 38.9 Å². The van der Waals surface area contributed by atoms with Gasteiger partial charge in [0.15, 0.2) is 0 Å². The molecule has 5 N–H and O–H groups in total. The number of anilines is 3. The van der Waals surface area contributed by atoms with Gasteiger partial charge in [-0.1, -0.05) is 0 Å². The van der Waals surface area contributed by atoms with Gasteiger partial charge in [0.2, 0.25) is 17.7 Å². The fraction of sp³-hybridized carbons (Fsp3) is 0.476. The number of nitro groups is 3. The van der Waals surface area contributed by atoms with E-state index in [4.69, 9.17) is 32.3 Å². The number of thioether (sulfide) groups is 3. The Hall–Kier alpha value is -5.28. The lowest BCUT2D eigenvalue weighted by molar-refractivity contribution is -0.385. The maximum absolute atomic E-state index is 12.8. The highest BCUT2D eigenvalue weighted by Gasteiger charge is 2.30. The number of carbonyl (C=O) groups excluding carboxylic acids is 4. The summed E-state index contributed by atoms with van der Waals surface area (Å²) < 4.78 is 5.28. The third kappa shape index (κ3) is 17.4. The molecule has 68 heavy (non-hydrogen) atoms. The number of nitrogens with zero attached hydrogens (tertiary/aromatic N) is 7. The van der Waals surface area contributed by atoms with E-state index in [1.807, 2.05) is 0 Å². The maximum atomic E-state index is 12.8. The van der Waals surface area contributed by atoms with Crippen LogP contribution in [-0.2, 0) is 19.1 Å². The summed E-state index contributed by atoms with van der Waals surface area (Å²) in [6.07, 6.45) is 0.977. The van der Waals surface area contributed by atoms with E-state index in [1.54, 1.807) is 48.8 Å². The maximum Gasteiger partial charge on any atom is 0.410 e. The molecule has 0 fully saturated rings. The van der Waals surface area contributed by atoms with Gasteiger partial charge in [0.1, 0.15) is 18.0 Å². The van der Waals surface area contributed by atoms with Crippen LogP contribution in [0.2, 0.25) is 0 Å². The summed E-state index contributed by atoms with van der Waals surface area (Å²) in [5.41, 5.74) is 6.14. The van der Waals surface area contributed by atoms with E-state index in [2.05, 4.69) is 0 Å². The van der Waals surface area contributed by atoms with Crippen LogP contribution in [0.25, 0.3) is 0 Å². The predicted octanol–water partition coefficient (Wildman–Crippen LogP) is 5.67. The number of nitrogens with two attached hydrogens (primary N) is 1. The molecular weight excluding hydrogens is 972 g/mol. The van der Waals surface area contributed by atoms with E-state index < -0.39 is 26.5 Å². The van der Waals surface area contributed by atoms with Crippen molar-refractivity contribution in [3.05, 3.63) is 84.9 Å². The number of hydrogen-bond acceptors (Lipinski definition) is 18. The van der Waals surface area contributed by atoms with Crippen LogP contribution < -0.4 is 20.4 Å². The van der Waals surface area contributed by atoms with Gasteiger partial charge in [0.25, 0.3) is 17.1 Å². The molecule has 3 aromatic rings. The number of non-ortho nitro benzene ring substituents is 3. The first-order valence-electron chi connectivity index (χ1n) is 21.0. The monoisotopic (exact) mass is 1030 g/mol. The highest BCUT2D eigenvalue weighted by atomic mass is 35.5. The SMILES string of the molecule is CC(C)(C)OC(=O)N(CCO)CC(=O)N1CCSc2cc([N+](=O)[O-])ccc21.NCCO.O=C(CCCCO)N1CCSc2cc([N+](=O)[O-])ccc21.O=C(CCl)N1CCSc2cc([N+](=O)[O-])ccc21. The van der Waals surface area contributed by atoms with E-state index in [1.165, 1.54) is 76.6 Å². The van der Waals surface area contributed by atoms with Gasteiger partial charge in [-0.25, -0.2) is 4.79 Å². The fourth-order valence-electron chi connectivity index (χ4n) is 6.27. The lowest BCUT2D eigenvalue weighted by Crippen LogP contribution is -2.47. The molecule has 3 aliphatic heterocycles. The second-order valence-corrected chi connectivity index (χ2v) is 19.0. The van der Waals surface area contributed by atoms with Gasteiger partial charge in [-0.3, -0.25) is 49.6 Å². The Bertz CT molecular complexity index is 2250. The highest BCUT2D eigenvalue weighted by molar-refractivity contribution is 8.00. The average Bonchev–Trinajstić information content (AvgIpc) is 3.32. The summed E-state index contributed by atoms with van der Waals surface area (Å²) in [5, 5.41) is 58.1. The molecule has 3 aliphatic rings. The number of rotatable bonds is 13. The molecule has 0 aromatic heterocycles. The zero-order valence-electron chi connectivity index (χ0n) is 37.7. The van der Waals surface area contributed by atoms with Crippen molar-refractivity contribution in [2.75, 3.05) is 96.9 Å². The minimum absolute atomic E-state index is 0.00820. The number of halogens is 1. The van der Waals surface area contributed by atoms with Crippen molar-refractivity contribution in [3.8, 4) is 0 Å². The Kier molecular flexibility index (Phi) is 23.7. The number of hydrogen-bond donors (Lipinski definition) is 4. The molecule has 0 saturated carbocycles. The van der Waals surface area contributed by atoms with Crippen LogP contribution >= 0.6 is 46.9 Å². The van der Waals surface area contributed by atoms with Crippen molar-refractivity contribution < 1.29 is 54.0 Å². The number of carbonyl (C=O) groups is 4. The minimum Gasteiger partial charge on any atom is -0.444 e. The van der Waals surface area contributed by atoms with E-state index in [-0.39, 0.29) is 73.6 Å². The van der Waals surface area contributed by atoms with Gasteiger partial charge < -0.3 is 40.5 Å². The minimum atomic E-state index is -0.721. The summed E-state index contributed by atoms with van der Waals surface area (Å²) in [4.78, 5) is 87.9. The highest BCUT2D eigenvalue weighted by Crippen LogP contribution is 2.39. The summed E-state index contributed by atoms with van der Waals surface area (Å²) in [6, 6.07) is 13.4. The molecule has 0 atom stereocenters. The lowest BCUT2D eigenvalue weighted by atomic mass is 10.2. The van der Waals surface area contributed by atoms with E-state index in [0.717, 1.165) is 31.9 Å². The second kappa shape index (κ2) is 28.3. The van der Waals surface area contributed by atoms with Crippen LogP contribution in [0.5, 0.6) is 0 Å². The quantitative estimate of drug-likeness (QED) is 0.0694. The van der Waals surface area contributed by atoms with E-state index in [9.17, 15) is 54.6 Å². The number of benzene rings is 3. The lowest BCUT2D eigenvalue weighted by Gasteiger charge is -2.32. The molecule has 3 heterocycles. The standard InChI is InChI=1S/C17H23N3O6S.C13H16N2O4S.C10H9ClN2O3S.C2H7NO/c1-17(2,3)26-16(23)18(6-8-21)11-15(22)19-7-9-27-14-10-12(20(24)25)4-5-13(14)19;16-7-2-1-3-13(17)14-6-8-20-12-9-10(15(18)19)4-5-11(12)14;11-6-10(14)12-3-4-17-9-5-7(13(15)16)1-2-8(9)12;3-1-2-4/h4-5,10,21H,6-9,11H2,1-3H3;4-5,9,16H,1-3,6-8H2;1-2,5H,3-4,6H2;4H,1-3H2. The van der Waals surface area contributed by atoms with Crippen LogP contribution in [0.15, 0.2) is 69.3 Å². The van der Waals surface area contributed by atoms with Crippen molar-refractivity contribution >= 4 is 105 Å². The molecule has 0 aliphatic carbocycles. The zero-order chi connectivity index (χ0) is 50.6. The number of nitro benzene ring substituents is 3. The predicted molar refractivity (Wildman–Crippen MR) is 261 cm³/mol. The van der Waals surface area contributed by atoms with Crippen molar-refractivity contribution in [2.24, 2.45) is 5.73 Å². The van der Waals surface area contributed by atoms with Gasteiger partial charge in [0.05, 0.1) is 45.0 Å². The Morgan fingerprint density at radius 3 is 1.41 bits per heavy atom. The summed E-state index contributed by atoms with van der Waals surface area (Å²) >= 11 is 10.0. The Morgan fingerprint density at radius 2 is 1.07 bits per heavy atom. The number of unbranched alkanes of at least 4 members (excludes halogenated alkanes) is 1. The molecule has 4 amide bonds. The van der Waals surface area contributed by atoms with Crippen molar-refractivity contribution in [3.63, 3.8) is 0 Å². The van der Waals surface area contributed by atoms with Gasteiger partial charge in [-0.15, -0.1) is 46.9 Å². The molecule has 0 spiro atoms. The van der Waals surface area contributed by atoms with Gasteiger partial charge in [-0.2, -0.15) is 0 Å². The fourth-order valence-corrected chi connectivity index (χ4v) is 9.49. The smallest absolute Gasteiger partial charge is 0.410 e. The number of aliphatic hydroxyl groups is 3. The van der Waals surface area contributed by atoms with Gasteiger partial charge in [0, 0.05) is 114 Å². The first-order valence-corrected chi connectivity index (χ1v) is 24.5. The summed E-state index contributed by atoms with van der Waals surface area (Å²) in [7, 11) is 0. The molecule has 3 aromatic carbocycles. The first kappa shape index (κ1) is 57.0. The Labute approximate surface area is 409 Å². The number of amides is 4. The van der Waals surface area contributed by atoms with E-state index >= 15 is 0 Å². The first-order chi connectivity index (χ1) is 32.3. The van der Waals surface area contributed by atoms with E-state index in [0.29, 0.717) is 67.5 Å².